The zero-order valence-corrected chi connectivity index (χ0v) is 33.2. The van der Waals surface area contributed by atoms with E-state index in [0.717, 1.165) is 74.0 Å². The number of hydrogen-bond acceptors (Lipinski definition) is 3. The van der Waals surface area contributed by atoms with Crippen LogP contribution in [0.5, 0.6) is 0 Å². The van der Waals surface area contributed by atoms with E-state index in [2.05, 4.69) is 78.0 Å². The Labute approximate surface area is 308 Å². The van der Waals surface area contributed by atoms with E-state index in [1.807, 2.05) is 18.2 Å². The molecule has 50 heavy (non-hydrogen) atoms. The van der Waals surface area contributed by atoms with Gasteiger partial charge in [0.05, 0.1) is 6.10 Å². The highest BCUT2D eigenvalue weighted by atomic mass is 16.5. The standard InChI is InChI=1S/C47H76O3/c1-7-8-9-10-15-18-24-39(48)25-19-16-13-11-12-14-17-20-26-45(49)50-40-31-33-46(5)38(35-40)27-28-41-43-30-29-42(37(4)23-21-22-36(2)3)47(43,6)34-32-44(41)46/h12-16,18-19,25,27,36-37,39-44,48H,7-11,17,20-24,26,28-35H2,1-6H3/b14-12-,16-13-,18-15-,25-19+/t37-,39-,40+,41+,42-,43+,44+,46+,47-/m1/s1. The van der Waals surface area contributed by atoms with Gasteiger partial charge in [-0.25, -0.2) is 0 Å². The summed E-state index contributed by atoms with van der Waals surface area (Å²) in [4.78, 5) is 12.8. The molecule has 4 rings (SSSR count). The molecule has 0 aromatic heterocycles. The van der Waals surface area contributed by atoms with Gasteiger partial charge in [-0.05, 0) is 130 Å². The minimum absolute atomic E-state index is 0.0198. The number of carbonyl (C=O) groups excluding carboxylic acids is 1. The first-order chi connectivity index (χ1) is 24.1. The lowest BCUT2D eigenvalue weighted by atomic mass is 9.47. The molecule has 0 unspecified atom stereocenters. The average Bonchev–Trinajstić information content (AvgIpc) is 3.44. The highest BCUT2D eigenvalue weighted by molar-refractivity contribution is 5.69. The molecule has 3 fully saturated rings. The van der Waals surface area contributed by atoms with Gasteiger partial charge in [-0.15, -0.1) is 0 Å². The second kappa shape index (κ2) is 20.4. The summed E-state index contributed by atoms with van der Waals surface area (Å²) in [6.07, 6.45) is 41.7. The molecular weight excluding hydrogens is 613 g/mol. The highest BCUT2D eigenvalue weighted by Gasteiger charge is 2.59. The summed E-state index contributed by atoms with van der Waals surface area (Å²) >= 11 is 0. The van der Waals surface area contributed by atoms with E-state index < -0.39 is 6.10 Å². The Balaban J connectivity index is 1.13. The fourth-order valence-corrected chi connectivity index (χ4v) is 10.9. The second-order valence-corrected chi connectivity index (χ2v) is 17.8. The van der Waals surface area contributed by atoms with Crippen molar-refractivity contribution in [1.82, 2.24) is 0 Å². The Hall–Kier alpha value is -1.87. The molecule has 4 aliphatic carbocycles. The summed E-state index contributed by atoms with van der Waals surface area (Å²) in [5, 5.41) is 10.1. The third kappa shape index (κ3) is 11.3. The lowest BCUT2D eigenvalue weighted by Crippen LogP contribution is -2.51. The van der Waals surface area contributed by atoms with Gasteiger partial charge in [0.25, 0.3) is 0 Å². The van der Waals surface area contributed by atoms with Gasteiger partial charge in [-0.1, -0.05) is 134 Å². The van der Waals surface area contributed by atoms with Crippen molar-refractivity contribution in [2.45, 2.75) is 182 Å². The lowest BCUT2D eigenvalue weighted by molar-refractivity contribution is -0.151. The van der Waals surface area contributed by atoms with E-state index in [1.54, 1.807) is 5.57 Å². The third-order valence-electron chi connectivity index (χ3n) is 13.8. The Morgan fingerprint density at radius 3 is 2.50 bits per heavy atom. The van der Waals surface area contributed by atoms with E-state index in [-0.39, 0.29) is 12.1 Å². The Kier molecular flexibility index (Phi) is 16.7. The number of unbranched alkanes of at least 4 members (excludes halogenated alkanes) is 4. The van der Waals surface area contributed by atoms with Crippen molar-refractivity contribution >= 4 is 5.97 Å². The number of carbonyl (C=O) groups is 1. The molecule has 0 heterocycles. The van der Waals surface area contributed by atoms with Crippen molar-refractivity contribution in [1.29, 1.82) is 0 Å². The topological polar surface area (TPSA) is 46.5 Å². The molecule has 3 nitrogen and oxygen atoms in total. The average molecular weight is 689 g/mol. The number of aliphatic hydroxyl groups excluding tert-OH is 1. The first-order valence-electron chi connectivity index (χ1n) is 21.3. The number of esters is 1. The summed E-state index contributed by atoms with van der Waals surface area (Å²) in [5.74, 6) is 5.12. The summed E-state index contributed by atoms with van der Waals surface area (Å²) in [5.41, 5.74) is 2.44. The largest absolute Gasteiger partial charge is 0.462 e. The van der Waals surface area contributed by atoms with Crippen LogP contribution in [0.4, 0.5) is 0 Å². The fourth-order valence-electron chi connectivity index (χ4n) is 10.9. The molecule has 9 atom stereocenters. The van der Waals surface area contributed by atoms with Gasteiger partial charge in [0.1, 0.15) is 6.10 Å². The molecule has 282 valence electrons. The van der Waals surface area contributed by atoms with Crippen LogP contribution < -0.4 is 0 Å². The van der Waals surface area contributed by atoms with Crippen LogP contribution in [0.3, 0.4) is 0 Å². The minimum Gasteiger partial charge on any atom is -0.462 e. The van der Waals surface area contributed by atoms with Crippen LogP contribution in [-0.4, -0.2) is 23.3 Å². The molecule has 3 heteroatoms. The van der Waals surface area contributed by atoms with Gasteiger partial charge in [-0.2, -0.15) is 0 Å². The van der Waals surface area contributed by atoms with Gasteiger partial charge in [-0.3, -0.25) is 4.79 Å². The van der Waals surface area contributed by atoms with Gasteiger partial charge >= 0.3 is 5.97 Å². The third-order valence-corrected chi connectivity index (χ3v) is 13.8. The number of aliphatic hydroxyl groups is 1. The molecule has 0 spiro atoms. The van der Waals surface area contributed by atoms with E-state index in [4.69, 9.17) is 4.74 Å². The van der Waals surface area contributed by atoms with Crippen molar-refractivity contribution in [3.05, 3.63) is 60.3 Å². The van der Waals surface area contributed by atoms with E-state index in [9.17, 15) is 9.90 Å². The summed E-state index contributed by atoms with van der Waals surface area (Å²) in [6, 6.07) is 0. The maximum atomic E-state index is 12.8. The maximum absolute atomic E-state index is 12.8. The van der Waals surface area contributed by atoms with Crippen molar-refractivity contribution in [2.75, 3.05) is 0 Å². The van der Waals surface area contributed by atoms with Crippen molar-refractivity contribution in [3.63, 3.8) is 0 Å². The molecule has 0 aromatic carbocycles. The van der Waals surface area contributed by atoms with Gasteiger partial charge in [0, 0.05) is 12.8 Å². The zero-order chi connectivity index (χ0) is 36.0. The molecule has 0 radical (unpaired) electrons. The van der Waals surface area contributed by atoms with Crippen LogP contribution >= 0.6 is 0 Å². The number of ether oxygens (including phenoxy) is 1. The maximum Gasteiger partial charge on any atom is 0.306 e. The van der Waals surface area contributed by atoms with E-state index in [1.165, 1.54) is 77.0 Å². The molecule has 0 aromatic rings. The molecule has 3 saturated carbocycles. The Morgan fingerprint density at radius 1 is 0.900 bits per heavy atom. The summed E-state index contributed by atoms with van der Waals surface area (Å²) in [7, 11) is 0. The Bertz CT molecular complexity index is 1170. The van der Waals surface area contributed by atoms with Crippen LogP contribution in [-0.2, 0) is 9.53 Å². The quantitative estimate of drug-likeness (QED) is 0.0599. The summed E-state index contributed by atoms with van der Waals surface area (Å²) < 4.78 is 6.08. The minimum atomic E-state index is -0.422. The predicted molar refractivity (Wildman–Crippen MR) is 213 cm³/mol. The molecule has 0 aliphatic heterocycles. The van der Waals surface area contributed by atoms with Crippen LogP contribution in [0, 0.1) is 46.3 Å². The molecular formula is C47H76O3. The van der Waals surface area contributed by atoms with Crippen molar-refractivity contribution < 1.29 is 14.6 Å². The number of allylic oxidation sites excluding steroid dienone is 7. The smallest absolute Gasteiger partial charge is 0.306 e. The van der Waals surface area contributed by atoms with Gasteiger partial charge < -0.3 is 9.84 Å². The van der Waals surface area contributed by atoms with Crippen molar-refractivity contribution in [3.8, 4) is 0 Å². The predicted octanol–water partition coefficient (Wildman–Crippen LogP) is 13.1. The first-order valence-corrected chi connectivity index (χ1v) is 21.3. The van der Waals surface area contributed by atoms with Gasteiger partial charge in [0.2, 0.25) is 0 Å². The van der Waals surface area contributed by atoms with Crippen LogP contribution in [0.2, 0.25) is 0 Å². The normalized spacial score (nSPS) is 32.5. The molecule has 4 aliphatic rings. The Morgan fingerprint density at radius 2 is 1.70 bits per heavy atom. The van der Waals surface area contributed by atoms with Crippen LogP contribution in [0.15, 0.2) is 60.3 Å². The molecule has 0 bridgehead atoms. The monoisotopic (exact) mass is 689 g/mol. The van der Waals surface area contributed by atoms with Crippen LogP contribution in [0.25, 0.3) is 0 Å². The molecule has 1 N–H and O–H groups in total. The van der Waals surface area contributed by atoms with E-state index in [0.29, 0.717) is 23.7 Å². The van der Waals surface area contributed by atoms with Gasteiger partial charge in [0.15, 0.2) is 0 Å². The zero-order valence-electron chi connectivity index (χ0n) is 33.2. The number of fused-ring (bicyclic) bond motifs is 5. The number of hydrogen-bond donors (Lipinski definition) is 1. The first kappa shape index (κ1) is 40.9. The molecule has 0 saturated heterocycles. The highest BCUT2D eigenvalue weighted by Crippen LogP contribution is 2.67. The number of rotatable bonds is 20. The SMILES string of the molecule is CCCCC/C=C\C[C@@H](O)/C=C/C=C\C/C=C\CCCC(=O)O[C@H]1CC[C@@]2(C)C(=CC[C@H]3[C@@H]4CC[C@H]([C@H](C)CCCC(C)C)[C@@]4(C)CC[C@@H]32)C1. The van der Waals surface area contributed by atoms with E-state index >= 15 is 0 Å². The fraction of sp³-hybridized carbons (Fsp3) is 0.766. The molecule has 0 amide bonds. The summed E-state index contributed by atoms with van der Waals surface area (Å²) in [6.45, 7) is 14.8. The lowest BCUT2D eigenvalue weighted by Gasteiger charge is -2.58. The van der Waals surface area contributed by atoms with Crippen LogP contribution in [0.1, 0.15) is 170 Å². The second-order valence-electron chi connectivity index (χ2n) is 17.8. The van der Waals surface area contributed by atoms with Crippen molar-refractivity contribution in [2.24, 2.45) is 46.3 Å².